The molecule has 0 saturated heterocycles. The van der Waals surface area contributed by atoms with Gasteiger partial charge < -0.3 is 9.47 Å². The lowest BCUT2D eigenvalue weighted by Gasteiger charge is -2.31. The van der Waals surface area contributed by atoms with Crippen LogP contribution in [0, 0.1) is 0 Å². The lowest BCUT2D eigenvalue weighted by Crippen LogP contribution is -2.41. The number of imide groups is 2. The molecule has 244 valence electrons. The number of benzene rings is 5. The number of nitrogens with zero attached hydrogens (tertiary/aromatic N) is 2. The number of carbonyl (C=O) groups is 6. The normalized spacial score (nSPS) is 14.4. The molecule has 0 saturated carbocycles. The zero-order chi connectivity index (χ0) is 34.3. The Balaban J connectivity index is 1.48. The summed E-state index contributed by atoms with van der Waals surface area (Å²) in [6, 6.07) is 6.82. The van der Waals surface area contributed by atoms with E-state index in [1.807, 2.05) is 0 Å². The Hall–Kier alpha value is -3.46. The fourth-order valence-electron chi connectivity index (χ4n) is 6.84. The van der Waals surface area contributed by atoms with Gasteiger partial charge in [-0.3, -0.25) is 38.6 Å². The summed E-state index contributed by atoms with van der Waals surface area (Å²) in [6.45, 7) is 2.88. The number of hydrogen-bond acceptors (Lipinski definition) is 8. The van der Waals surface area contributed by atoms with E-state index in [-0.39, 0.29) is 39.1 Å². The van der Waals surface area contributed by atoms with Gasteiger partial charge in [0.25, 0.3) is 23.6 Å². The summed E-state index contributed by atoms with van der Waals surface area (Å²) in [5.41, 5.74) is 1.36. The summed E-state index contributed by atoms with van der Waals surface area (Å²) in [4.78, 5) is 80.3. The maximum absolute atomic E-state index is 13.9. The molecule has 2 aliphatic rings. The average Bonchev–Trinajstić information content (AvgIpc) is 3.02. The van der Waals surface area contributed by atoms with Gasteiger partial charge >= 0.3 is 11.9 Å². The van der Waals surface area contributed by atoms with Crippen molar-refractivity contribution in [3.05, 3.63) is 64.4 Å². The highest BCUT2D eigenvalue weighted by Crippen LogP contribution is 2.53. The van der Waals surface area contributed by atoms with Gasteiger partial charge in [0.2, 0.25) is 0 Å². The van der Waals surface area contributed by atoms with E-state index < -0.39 is 35.6 Å². The van der Waals surface area contributed by atoms with Crippen LogP contribution >= 0.6 is 63.7 Å². The summed E-state index contributed by atoms with van der Waals surface area (Å²) in [7, 11) is 0. The minimum absolute atomic E-state index is 0.0677. The third-order valence-electron chi connectivity index (χ3n) is 8.68. The number of esters is 2. The van der Waals surface area contributed by atoms with E-state index in [0.717, 1.165) is 0 Å². The minimum Gasteiger partial charge on any atom is -0.466 e. The van der Waals surface area contributed by atoms with E-state index in [0.29, 0.717) is 83.2 Å². The van der Waals surface area contributed by atoms with E-state index in [1.54, 1.807) is 24.3 Å². The second-order valence-corrected chi connectivity index (χ2v) is 15.0. The second-order valence-electron chi connectivity index (χ2n) is 11.5. The first-order chi connectivity index (χ1) is 22.8. The molecule has 0 radical (unpaired) electrons. The third-order valence-corrected chi connectivity index (χ3v) is 11.2. The molecule has 5 aromatic rings. The Bertz CT molecular complexity index is 2060. The largest absolute Gasteiger partial charge is 0.466 e. The number of amides is 4. The first kappa shape index (κ1) is 33.1. The van der Waals surface area contributed by atoms with E-state index in [4.69, 9.17) is 9.47 Å². The standard InChI is InChI=1S/C34H22Br4N2O8/c1-13(41)47-7-3-5-39-31(43)15-9-19(35)25-27-21(37)11-17-24-18(34(46)40(33(17)45)6-4-8-48-14(2)42)12-22(38)28(30(24)27)26-20(36)10-16(32(39)44)23(15)29(25)26/h9-12H,3-8H2,1-2H3. The van der Waals surface area contributed by atoms with Crippen molar-refractivity contribution < 1.29 is 38.2 Å². The summed E-state index contributed by atoms with van der Waals surface area (Å²) in [5, 5.41) is 5.15. The quantitative estimate of drug-likeness (QED) is 0.0506. The molecule has 0 spiro atoms. The lowest BCUT2D eigenvalue weighted by atomic mass is 9.82. The Kier molecular flexibility index (Phi) is 8.37. The highest BCUT2D eigenvalue weighted by molar-refractivity contribution is 9.11. The molecule has 2 heterocycles. The van der Waals surface area contributed by atoms with Crippen molar-refractivity contribution in [2.24, 2.45) is 0 Å². The van der Waals surface area contributed by atoms with E-state index in [2.05, 4.69) is 63.7 Å². The maximum atomic E-state index is 13.9. The number of carbonyl (C=O) groups excluding carboxylic acids is 6. The molecular weight excluding hydrogens is 884 g/mol. The van der Waals surface area contributed by atoms with Crippen LogP contribution in [0.5, 0.6) is 0 Å². The highest BCUT2D eigenvalue weighted by atomic mass is 79.9. The molecule has 48 heavy (non-hydrogen) atoms. The summed E-state index contributed by atoms with van der Waals surface area (Å²) < 4.78 is 12.4. The molecule has 10 nitrogen and oxygen atoms in total. The molecule has 0 aliphatic carbocycles. The van der Waals surface area contributed by atoms with E-state index in [1.165, 1.54) is 23.6 Å². The highest BCUT2D eigenvalue weighted by Gasteiger charge is 2.39. The van der Waals surface area contributed by atoms with Crippen LogP contribution in [-0.2, 0) is 19.1 Å². The van der Waals surface area contributed by atoms with Gasteiger partial charge in [0.1, 0.15) is 0 Å². The fourth-order valence-corrected chi connectivity index (χ4v) is 9.34. The van der Waals surface area contributed by atoms with Gasteiger partial charge in [-0.1, -0.05) is 63.7 Å². The van der Waals surface area contributed by atoms with Crippen LogP contribution in [0.15, 0.2) is 42.2 Å². The van der Waals surface area contributed by atoms with Crippen molar-refractivity contribution in [3.63, 3.8) is 0 Å². The molecule has 0 fully saturated rings. The topological polar surface area (TPSA) is 127 Å². The molecule has 5 aromatic carbocycles. The number of fused-ring (bicyclic) bond motifs is 2. The summed E-state index contributed by atoms with van der Waals surface area (Å²) >= 11 is 14.9. The summed E-state index contributed by atoms with van der Waals surface area (Å²) in [5.74, 6) is -2.73. The molecule has 2 aliphatic heterocycles. The van der Waals surface area contributed by atoms with Crippen molar-refractivity contribution in [1.82, 2.24) is 9.80 Å². The minimum atomic E-state index is -0.463. The Morgan fingerprint density at radius 3 is 1.02 bits per heavy atom. The lowest BCUT2D eigenvalue weighted by molar-refractivity contribution is -0.142. The maximum Gasteiger partial charge on any atom is 0.302 e. The van der Waals surface area contributed by atoms with Crippen LogP contribution in [0.3, 0.4) is 0 Å². The van der Waals surface area contributed by atoms with Crippen LogP contribution < -0.4 is 0 Å². The first-order valence-corrected chi connectivity index (χ1v) is 18.0. The number of hydrogen-bond donors (Lipinski definition) is 0. The predicted octanol–water partition coefficient (Wildman–Crippen LogP) is 7.89. The molecule has 0 bridgehead atoms. The van der Waals surface area contributed by atoms with Crippen LogP contribution in [-0.4, -0.2) is 71.7 Å². The Morgan fingerprint density at radius 1 is 0.500 bits per heavy atom. The van der Waals surface area contributed by atoms with Gasteiger partial charge in [-0.25, -0.2) is 0 Å². The van der Waals surface area contributed by atoms with Crippen molar-refractivity contribution in [2.75, 3.05) is 26.3 Å². The van der Waals surface area contributed by atoms with Crippen LogP contribution in [0.1, 0.15) is 68.1 Å². The van der Waals surface area contributed by atoms with Gasteiger partial charge in [-0.2, -0.15) is 0 Å². The third kappa shape index (κ3) is 4.89. The van der Waals surface area contributed by atoms with Gasteiger partial charge in [-0.15, -0.1) is 0 Å². The van der Waals surface area contributed by atoms with Gasteiger partial charge in [0, 0.05) is 110 Å². The van der Waals surface area contributed by atoms with Crippen LogP contribution in [0.25, 0.3) is 43.1 Å². The molecule has 0 N–H and O–H groups in total. The molecule has 14 heteroatoms. The first-order valence-electron chi connectivity index (χ1n) is 14.8. The summed E-state index contributed by atoms with van der Waals surface area (Å²) in [6.07, 6.45) is 0.573. The monoisotopic (exact) mass is 902 g/mol. The van der Waals surface area contributed by atoms with Crippen molar-refractivity contribution >= 4 is 142 Å². The van der Waals surface area contributed by atoms with Gasteiger partial charge in [0.15, 0.2) is 0 Å². The average molecular weight is 906 g/mol. The Labute approximate surface area is 305 Å². The van der Waals surface area contributed by atoms with Crippen molar-refractivity contribution in [2.45, 2.75) is 26.7 Å². The molecule has 0 unspecified atom stereocenters. The second kappa shape index (κ2) is 12.1. The number of ether oxygens (including phenoxy) is 2. The molecule has 0 aromatic heterocycles. The Morgan fingerprint density at radius 2 is 0.771 bits per heavy atom. The van der Waals surface area contributed by atoms with Gasteiger partial charge in [0.05, 0.1) is 13.2 Å². The van der Waals surface area contributed by atoms with Crippen LogP contribution in [0.4, 0.5) is 0 Å². The van der Waals surface area contributed by atoms with Crippen molar-refractivity contribution in [3.8, 4) is 0 Å². The number of halogens is 4. The predicted molar refractivity (Wildman–Crippen MR) is 192 cm³/mol. The zero-order valence-electron chi connectivity index (χ0n) is 25.2. The molecule has 7 rings (SSSR count). The molecular formula is C34H22Br4N2O8. The number of rotatable bonds is 8. The zero-order valence-corrected chi connectivity index (χ0v) is 31.6. The van der Waals surface area contributed by atoms with Gasteiger partial charge in [-0.05, 0) is 37.1 Å². The SMILES string of the molecule is CC(=O)OCCCN1C(=O)c2cc(Br)c3c4c(Br)cc5c6c(cc(Br)c(c7c(Br)cc(c2c37)C1=O)c64)C(=O)N(CCCOC(C)=O)C5=O. The smallest absolute Gasteiger partial charge is 0.302 e. The van der Waals surface area contributed by atoms with Crippen molar-refractivity contribution in [1.29, 1.82) is 0 Å². The molecule has 4 amide bonds. The molecule has 0 atom stereocenters. The fraction of sp³-hybridized carbons (Fsp3) is 0.235. The van der Waals surface area contributed by atoms with E-state index in [9.17, 15) is 28.8 Å². The van der Waals surface area contributed by atoms with Crippen LogP contribution in [0.2, 0.25) is 0 Å². The van der Waals surface area contributed by atoms with E-state index >= 15 is 0 Å².